The first-order valence-electron chi connectivity index (χ1n) is 3.43. The molecular formula is C6H13ClN2O2. The summed E-state index contributed by atoms with van der Waals surface area (Å²) in [5.74, 6) is 0. The number of hydrogen-bond donors (Lipinski definition) is 3. The molecule has 0 radical (unpaired) electrons. The predicted molar refractivity (Wildman–Crippen MR) is 43.7 cm³/mol. The molecule has 5 heteroatoms. The molecule has 1 saturated heterocycles. The maximum absolute atomic E-state index is 9.98. The summed E-state index contributed by atoms with van der Waals surface area (Å²) in [5.41, 5.74) is 0. The Balaban J connectivity index is 0.000001000. The molecule has 2 atom stereocenters. The molecule has 0 aromatic rings. The number of piperidine rings is 1. The van der Waals surface area contributed by atoms with E-state index in [0.29, 0.717) is 13.0 Å². The van der Waals surface area contributed by atoms with Crippen LogP contribution in [0, 0.1) is 0 Å². The van der Waals surface area contributed by atoms with E-state index in [0.717, 1.165) is 13.0 Å². The van der Waals surface area contributed by atoms with Crippen molar-refractivity contribution in [3.63, 3.8) is 0 Å². The molecule has 0 saturated carbocycles. The van der Waals surface area contributed by atoms with Gasteiger partial charge in [-0.1, -0.05) is 0 Å². The van der Waals surface area contributed by atoms with Gasteiger partial charge < -0.3 is 15.7 Å². The molecule has 1 aliphatic heterocycles. The number of carbonyl (C=O) groups excluding carboxylic acids is 1. The fraction of sp³-hybridized carbons (Fsp3) is 0.833. The van der Waals surface area contributed by atoms with Gasteiger partial charge in [0.25, 0.3) is 0 Å². The van der Waals surface area contributed by atoms with Gasteiger partial charge in [-0.3, -0.25) is 4.79 Å². The first-order chi connectivity index (χ1) is 4.84. The first-order valence-corrected chi connectivity index (χ1v) is 3.43. The van der Waals surface area contributed by atoms with Crippen LogP contribution in [0.2, 0.25) is 0 Å². The lowest BCUT2D eigenvalue weighted by atomic mass is 10.0. The van der Waals surface area contributed by atoms with Crippen LogP contribution in [0.5, 0.6) is 0 Å². The van der Waals surface area contributed by atoms with Crippen LogP contribution in [0.1, 0.15) is 6.42 Å². The Kier molecular flexibility index (Phi) is 5.19. The molecule has 66 valence electrons. The zero-order chi connectivity index (χ0) is 7.40. The van der Waals surface area contributed by atoms with E-state index in [2.05, 4.69) is 10.6 Å². The largest absolute Gasteiger partial charge is 0.390 e. The summed E-state index contributed by atoms with van der Waals surface area (Å²) in [6, 6.07) is -0.0567. The average Bonchev–Trinajstić information content (AvgIpc) is 1.94. The fourth-order valence-corrected chi connectivity index (χ4v) is 1.12. The van der Waals surface area contributed by atoms with Gasteiger partial charge in [0.15, 0.2) is 0 Å². The second-order valence-corrected chi connectivity index (χ2v) is 2.45. The van der Waals surface area contributed by atoms with Crippen molar-refractivity contribution in [3.05, 3.63) is 0 Å². The van der Waals surface area contributed by atoms with Crippen LogP contribution < -0.4 is 10.6 Å². The van der Waals surface area contributed by atoms with Crippen molar-refractivity contribution in [2.75, 3.05) is 13.1 Å². The van der Waals surface area contributed by atoms with Crippen LogP contribution in [0.25, 0.3) is 0 Å². The summed E-state index contributed by atoms with van der Waals surface area (Å²) >= 11 is 0. The quantitative estimate of drug-likeness (QED) is 0.472. The van der Waals surface area contributed by atoms with Crippen molar-refractivity contribution in [2.45, 2.75) is 18.6 Å². The lowest BCUT2D eigenvalue weighted by Gasteiger charge is -2.27. The second-order valence-electron chi connectivity index (χ2n) is 2.45. The highest BCUT2D eigenvalue weighted by molar-refractivity contribution is 5.85. The molecule has 0 aromatic heterocycles. The lowest BCUT2D eigenvalue weighted by Crippen LogP contribution is -2.50. The van der Waals surface area contributed by atoms with Crippen LogP contribution in [0.15, 0.2) is 0 Å². The topological polar surface area (TPSA) is 61.4 Å². The fourth-order valence-electron chi connectivity index (χ4n) is 1.12. The van der Waals surface area contributed by atoms with E-state index in [1.807, 2.05) is 0 Å². The molecule has 0 unspecified atom stereocenters. The molecule has 1 heterocycles. The lowest BCUT2D eigenvalue weighted by molar-refractivity contribution is -0.111. The van der Waals surface area contributed by atoms with E-state index in [-0.39, 0.29) is 18.4 Å². The van der Waals surface area contributed by atoms with E-state index in [1.165, 1.54) is 0 Å². The highest BCUT2D eigenvalue weighted by Gasteiger charge is 2.21. The van der Waals surface area contributed by atoms with E-state index in [4.69, 9.17) is 0 Å². The third-order valence-electron chi connectivity index (χ3n) is 1.73. The molecule has 0 spiro atoms. The van der Waals surface area contributed by atoms with Crippen LogP contribution in [-0.2, 0) is 4.79 Å². The van der Waals surface area contributed by atoms with Gasteiger partial charge in [0.1, 0.15) is 0 Å². The number of amides is 1. The highest BCUT2D eigenvalue weighted by Crippen LogP contribution is 2.01. The molecule has 1 aliphatic rings. The summed E-state index contributed by atoms with van der Waals surface area (Å²) in [6.45, 7) is 1.44. The predicted octanol–water partition coefficient (Wildman–Crippen LogP) is -1.12. The monoisotopic (exact) mass is 180 g/mol. The molecule has 11 heavy (non-hydrogen) atoms. The van der Waals surface area contributed by atoms with Gasteiger partial charge in [-0.2, -0.15) is 0 Å². The van der Waals surface area contributed by atoms with Gasteiger partial charge in [0, 0.05) is 6.54 Å². The van der Waals surface area contributed by atoms with Gasteiger partial charge in [-0.15, -0.1) is 12.4 Å². The van der Waals surface area contributed by atoms with E-state index >= 15 is 0 Å². The molecule has 0 aromatic carbocycles. The van der Waals surface area contributed by atoms with Crippen LogP contribution in [0.4, 0.5) is 0 Å². The third kappa shape index (κ3) is 3.05. The molecule has 1 amide bonds. The summed E-state index contributed by atoms with van der Waals surface area (Å²) in [6.07, 6.45) is 1.01. The molecule has 1 fully saturated rings. The van der Waals surface area contributed by atoms with E-state index in [9.17, 15) is 9.90 Å². The Morgan fingerprint density at radius 3 is 2.91 bits per heavy atom. The van der Waals surface area contributed by atoms with E-state index in [1.54, 1.807) is 0 Å². The SMILES string of the molecule is Cl.O=CN[C@@H]1CCNC[C@@H]1O. The summed E-state index contributed by atoms with van der Waals surface area (Å²) in [7, 11) is 0. The number of aliphatic hydroxyl groups is 1. The smallest absolute Gasteiger partial charge is 0.207 e. The number of aliphatic hydroxyl groups excluding tert-OH is 1. The van der Waals surface area contributed by atoms with Crippen LogP contribution in [-0.4, -0.2) is 36.8 Å². The Labute approximate surface area is 71.8 Å². The molecule has 3 N–H and O–H groups in total. The zero-order valence-corrected chi connectivity index (χ0v) is 6.93. The maximum Gasteiger partial charge on any atom is 0.207 e. The number of hydrogen-bond acceptors (Lipinski definition) is 3. The van der Waals surface area contributed by atoms with Gasteiger partial charge >= 0.3 is 0 Å². The van der Waals surface area contributed by atoms with Crippen molar-refractivity contribution < 1.29 is 9.90 Å². The molecule has 0 aliphatic carbocycles. The van der Waals surface area contributed by atoms with Gasteiger partial charge in [-0.25, -0.2) is 0 Å². The van der Waals surface area contributed by atoms with Crippen LogP contribution in [0.3, 0.4) is 0 Å². The molecule has 0 bridgehead atoms. The standard InChI is InChI=1S/C6H12N2O2.ClH/c9-4-8-5-1-2-7-3-6(5)10;/h4-7,10H,1-3H2,(H,8,9);1H/t5-,6+;/m1./s1. The minimum absolute atomic E-state index is 0. The van der Waals surface area contributed by atoms with Crippen LogP contribution >= 0.6 is 12.4 Å². The van der Waals surface area contributed by atoms with Crippen molar-refractivity contribution >= 4 is 18.8 Å². The Hall–Kier alpha value is -0.320. The zero-order valence-electron chi connectivity index (χ0n) is 6.12. The van der Waals surface area contributed by atoms with Gasteiger partial charge in [-0.05, 0) is 13.0 Å². The second kappa shape index (κ2) is 5.35. The van der Waals surface area contributed by atoms with Crippen molar-refractivity contribution in [3.8, 4) is 0 Å². The number of carbonyl (C=O) groups is 1. The van der Waals surface area contributed by atoms with Gasteiger partial charge in [0.2, 0.25) is 6.41 Å². The van der Waals surface area contributed by atoms with Gasteiger partial charge in [0.05, 0.1) is 12.1 Å². The Morgan fingerprint density at radius 1 is 1.64 bits per heavy atom. The minimum Gasteiger partial charge on any atom is -0.390 e. The Morgan fingerprint density at radius 2 is 2.36 bits per heavy atom. The maximum atomic E-state index is 9.98. The number of halogens is 1. The molecular weight excluding hydrogens is 168 g/mol. The molecule has 4 nitrogen and oxygen atoms in total. The van der Waals surface area contributed by atoms with Crippen molar-refractivity contribution in [2.24, 2.45) is 0 Å². The number of nitrogens with one attached hydrogen (secondary N) is 2. The first kappa shape index (κ1) is 10.7. The average molecular weight is 181 g/mol. The molecule has 1 rings (SSSR count). The van der Waals surface area contributed by atoms with Crippen molar-refractivity contribution in [1.29, 1.82) is 0 Å². The minimum atomic E-state index is -0.432. The summed E-state index contributed by atoms with van der Waals surface area (Å²) < 4.78 is 0. The number of rotatable bonds is 2. The summed E-state index contributed by atoms with van der Waals surface area (Å²) in [5, 5.41) is 14.8. The van der Waals surface area contributed by atoms with E-state index < -0.39 is 6.10 Å². The van der Waals surface area contributed by atoms with Crippen molar-refractivity contribution in [1.82, 2.24) is 10.6 Å². The summed E-state index contributed by atoms with van der Waals surface area (Å²) in [4.78, 5) is 9.98. The highest BCUT2D eigenvalue weighted by atomic mass is 35.5. The number of β-amino-alcohol motifs (C(OH)–C–C–N with tert-alkyl or cyclic N) is 1. The third-order valence-corrected chi connectivity index (χ3v) is 1.73. The Bertz CT molecular complexity index is 123. The normalized spacial score (nSPS) is 30.3.